The number of nitrogens with zero attached hydrogens (tertiary/aromatic N) is 2. The molecule has 6 nitrogen and oxygen atoms in total. The molecule has 1 N–H and O–H groups in total. The number of rotatable bonds is 9. The van der Waals surface area contributed by atoms with Crippen molar-refractivity contribution in [2.24, 2.45) is 5.92 Å². The van der Waals surface area contributed by atoms with E-state index in [2.05, 4.69) is 5.32 Å². The van der Waals surface area contributed by atoms with Crippen molar-refractivity contribution in [2.45, 2.75) is 46.7 Å². The molecule has 0 spiro atoms. The molecule has 0 aromatic heterocycles. The maximum Gasteiger partial charge on any atom is 0.259 e. The zero-order valence-corrected chi connectivity index (χ0v) is 20.9. The summed E-state index contributed by atoms with van der Waals surface area (Å²) in [6.45, 7) is 8.71. The largest absolute Gasteiger partial charge is 0.354 e. The Balaban J connectivity index is 1.65. The van der Waals surface area contributed by atoms with E-state index >= 15 is 0 Å². The lowest BCUT2D eigenvalue weighted by molar-refractivity contribution is -0.140. The molecule has 1 atom stereocenters. The Hall–Kier alpha value is -3.67. The molecule has 0 fully saturated rings. The number of amides is 3. The van der Waals surface area contributed by atoms with Crippen LogP contribution >= 0.6 is 0 Å². The van der Waals surface area contributed by atoms with E-state index in [-0.39, 0.29) is 24.3 Å². The van der Waals surface area contributed by atoms with Crippen molar-refractivity contribution >= 4 is 34.2 Å². The van der Waals surface area contributed by atoms with Gasteiger partial charge >= 0.3 is 0 Å². The van der Waals surface area contributed by atoms with Crippen LogP contribution < -0.4 is 10.2 Å². The summed E-state index contributed by atoms with van der Waals surface area (Å²) in [6.07, 6.45) is 0.477. The summed E-state index contributed by atoms with van der Waals surface area (Å²) in [4.78, 5) is 43.4. The van der Waals surface area contributed by atoms with E-state index in [9.17, 15) is 14.4 Å². The molecule has 4 rings (SSSR count). The molecular formula is C29H33N3O3. The number of carbonyl (C=O) groups excluding carboxylic acids is 3. The minimum absolute atomic E-state index is 0.119. The third-order valence-corrected chi connectivity index (χ3v) is 6.61. The van der Waals surface area contributed by atoms with E-state index in [1.165, 1.54) is 0 Å². The van der Waals surface area contributed by atoms with Crippen LogP contribution in [0, 0.1) is 12.8 Å². The first-order valence-electron chi connectivity index (χ1n) is 12.3. The second-order valence-corrected chi connectivity index (χ2v) is 9.58. The maximum atomic E-state index is 13.8. The van der Waals surface area contributed by atoms with Gasteiger partial charge in [0.2, 0.25) is 11.8 Å². The molecule has 0 bridgehead atoms. The van der Waals surface area contributed by atoms with E-state index in [0.717, 1.165) is 27.6 Å². The average Bonchev–Trinajstić information content (AvgIpc) is 3.11. The van der Waals surface area contributed by atoms with Crippen molar-refractivity contribution in [1.29, 1.82) is 0 Å². The van der Waals surface area contributed by atoms with Crippen LogP contribution in [0.4, 0.5) is 5.69 Å². The number of aryl methyl sites for hydroxylation is 1. The quantitative estimate of drug-likeness (QED) is 0.492. The van der Waals surface area contributed by atoms with Crippen LogP contribution in [0.1, 0.15) is 48.7 Å². The van der Waals surface area contributed by atoms with Gasteiger partial charge in [0.15, 0.2) is 0 Å². The van der Waals surface area contributed by atoms with E-state index in [1.54, 1.807) is 15.9 Å². The highest BCUT2D eigenvalue weighted by Crippen LogP contribution is 2.37. The van der Waals surface area contributed by atoms with Gasteiger partial charge in [0.05, 0.1) is 5.69 Å². The number of nitrogens with one attached hydrogen (secondary N) is 1. The van der Waals surface area contributed by atoms with Crippen LogP contribution in [0.2, 0.25) is 0 Å². The number of carbonyl (C=O) groups is 3. The third kappa shape index (κ3) is 4.92. The van der Waals surface area contributed by atoms with Gasteiger partial charge in [-0.1, -0.05) is 69.3 Å². The lowest BCUT2D eigenvalue weighted by Crippen LogP contribution is -2.52. The molecule has 3 amide bonds. The fraction of sp³-hybridized carbons (Fsp3) is 0.345. The van der Waals surface area contributed by atoms with Crippen LogP contribution in [0.5, 0.6) is 0 Å². The Labute approximate surface area is 206 Å². The van der Waals surface area contributed by atoms with Crippen LogP contribution in [0.15, 0.2) is 60.7 Å². The molecule has 0 saturated carbocycles. The Kier molecular flexibility index (Phi) is 7.20. The standard InChI is InChI=1S/C29H33N3O3/c1-5-24(28(34)30-16-19(2)3)31(17-22-11-7-6-10-20(22)4)26(33)18-32-25-15-9-13-21-12-8-14-23(27(21)25)29(32)35/h6-15,19,24H,5,16-18H2,1-4H3,(H,30,34)/t24-/m1/s1. The summed E-state index contributed by atoms with van der Waals surface area (Å²) in [6, 6.07) is 18.6. The zero-order valence-electron chi connectivity index (χ0n) is 20.9. The van der Waals surface area contributed by atoms with Gasteiger partial charge in [-0.2, -0.15) is 0 Å². The van der Waals surface area contributed by atoms with Crippen LogP contribution in [0.3, 0.4) is 0 Å². The van der Waals surface area contributed by atoms with Gasteiger partial charge in [-0.15, -0.1) is 0 Å². The van der Waals surface area contributed by atoms with Gasteiger partial charge in [0, 0.05) is 24.0 Å². The summed E-state index contributed by atoms with van der Waals surface area (Å²) < 4.78 is 0. The predicted octanol–water partition coefficient (Wildman–Crippen LogP) is 4.69. The smallest absolute Gasteiger partial charge is 0.259 e. The van der Waals surface area contributed by atoms with Crippen molar-refractivity contribution in [3.8, 4) is 0 Å². The summed E-state index contributed by atoms with van der Waals surface area (Å²) in [5.41, 5.74) is 3.38. The molecular weight excluding hydrogens is 438 g/mol. The molecule has 0 saturated heterocycles. The number of hydrogen-bond donors (Lipinski definition) is 1. The van der Waals surface area contributed by atoms with Gasteiger partial charge < -0.3 is 10.2 Å². The zero-order chi connectivity index (χ0) is 25.1. The third-order valence-electron chi connectivity index (χ3n) is 6.61. The van der Waals surface area contributed by atoms with Crippen LogP contribution in [-0.2, 0) is 16.1 Å². The van der Waals surface area contributed by atoms with Gasteiger partial charge in [-0.25, -0.2) is 0 Å². The van der Waals surface area contributed by atoms with Gasteiger partial charge in [-0.05, 0) is 47.9 Å². The van der Waals surface area contributed by atoms with Crippen molar-refractivity contribution in [2.75, 3.05) is 18.0 Å². The highest BCUT2D eigenvalue weighted by molar-refractivity contribution is 6.26. The normalized spacial score (nSPS) is 13.4. The first kappa shape index (κ1) is 24.5. The topological polar surface area (TPSA) is 69.7 Å². The molecule has 1 heterocycles. The number of benzene rings is 3. The lowest BCUT2D eigenvalue weighted by Gasteiger charge is -2.32. The second kappa shape index (κ2) is 10.3. The Morgan fingerprint density at radius 3 is 2.40 bits per heavy atom. The Morgan fingerprint density at radius 1 is 1.00 bits per heavy atom. The van der Waals surface area contributed by atoms with Crippen molar-refractivity contribution < 1.29 is 14.4 Å². The summed E-state index contributed by atoms with van der Waals surface area (Å²) in [5.74, 6) is -0.296. The van der Waals surface area contributed by atoms with E-state index in [0.29, 0.717) is 31.0 Å². The summed E-state index contributed by atoms with van der Waals surface area (Å²) in [5, 5.41) is 4.83. The van der Waals surface area contributed by atoms with Gasteiger partial charge in [0.1, 0.15) is 12.6 Å². The molecule has 182 valence electrons. The monoisotopic (exact) mass is 471 g/mol. The molecule has 0 aliphatic carbocycles. The van der Waals surface area contributed by atoms with E-state index in [1.807, 2.05) is 82.3 Å². The summed E-state index contributed by atoms with van der Waals surface area (Å²) in [7, 11) is 0. The predicted molar refractivity (Wildman–Crippen MR) is 139 cm³/mol. The average molecular weight is 472 g/mol. The Morgan fingerprint density at radius 2 is 1.71 bits per heavy atom. The lowest BCUT2D eigenvalue weighted by atomic mass is 10.1. The molecule has 3 aromatic rings. The fourth-order valence-electron chi connectivity index (χ4n) is 4.68. The Bertz CT molecular complexity index is 1260. The molecule has 0 radical (unpaired) electrons. The maximum absolute atomic E-state index is 13.8. The fourth-order valence-corrected chi connectivity index (χ4v) is 4.68. The van der Waals surface area contributed by atoms with Crippen molar-refractivity contribution in [1.82, 2.24) is 10.2 Å². The first-order chi connectivity index (χ1) is 16.8. The molecule has 0 unspecified atom stereocenters. The molecule has 35 heavy (non-hydrogen) atoms. The number of anilines is 1. The highest BCUT2D eigenvalue weighted by Gasteiger charge is 2.35. The minimum atomic E-state index is -0.628. The van der Waals surface area contributed by atoms with Gasteiger partial charge in [0.25, 0.3) is 5.91 Å². The molecule has 6 heteroatoms. The van der Waals surface area contributed by atoms with E-state index in [4.69, 9.17) is 0 Å². The van der Waals surface area contributed by atoms with Crippen molar-refractivity contribution in [3.63, 3.8) is 0 Å². The molecule has 1 aliphatic heterocycles. The summed E-state index contributed by atoms with van der Waals surface area (Å²) >= 11 is 0. The highest BCUT2D eigenvalue weighted by atomic mass is 16.2. The first-order valence-corrected chi connectivity index (χ1v) is 12.3. The SMILES string of the molecule is CC[C@H](C(=O)NCC(C)C)N(Cc1ccccc1C)C(=O)CN1C(=O)c2cccc3cccc1c23. The van der Waals surface area contributed by atoms with E-state index < -0.39 is 6.04 Å². The molecule has 3 aromatic carbocycles. The van der Waals surface area contributed by atoms with Crippen LogP contribution in [-0.4, -0.2) is 41.8 Å². The minimum Gasteiger partial charge on any atom is -0.354 e. The van der Waals surface area contributed by atoms with Crippen molar-refractivity contribution in [3.05, 3.63) is 77.4 Å². The second-order valence-electron chi connectivity index (χ2n) is 9.58. The number of hydrogen-bond acceptors (Lipinski definition) is 3. The van der Waals surface area contributed by atoms with Crippen LogP contribution in [0.25, 0.3) is 10.8 Å². The van der Waals surface area contributed by atoms with Gasteiger partial charge in [-0.3, -0.25) is 19.3 Å². The molecule has 1 aliphatic rings.